The number of benzene rings is 2. The van der Waals surface area contributed by atoms with Crippen molar-refractivity contribution in [2.45, 2.75) is 20.5 Å². The van der Waals surface area contributed by atoms with Crippen LogP contribution in [0.3, 0.4) is 0 Å². The second-order valence-corrected chi connectivity index (χ2v) is 5.38. The van der Waals surface area contributed by atoms with Crippen LogP contribution in [0.4, 0.5) is 0 Å². The number of ether oxygens (including phenoxy) is 2. The van der Waals surface area contributed by atoms with Gasteiger partial charge in [0.2, 0.25) is 0 Å². The number of furan rings is 1. The molecule has 0 atom stereocenters. The van der Waals surface area contributed by atoms with E-state index in [0.717, 1.165) is 10.9 Å². The van der Waals surface area contributed by atoms with Crippen LogP contribution in [0.25, 0.3) is 11.0 Å². The van der Waals surface area contributed by atoms with E-state index in [-0.39, 0.29) is 11.7 Å². The molecule has 3 aromatic rings. The molecule has 1 aromatic heterocycles. The van der Waals surface area contributed by atoms with E-state index < -0.39 is 5.97 Å². The van der Waals surface area contributed by atoms with Crippen LogP contribution < -0.4 is 4.74 Å². The van der Waals surface area contributed by atoms with Crippen molar-refractivity contribution in [3.8, 4) is 5.75 Å². The third kappa shape index (κ3) is 3.15. The molecule has 0 spiro atoms. The summed E-state index contributed by atoms with van der Waals surface area (Å²) in [5.41, 5.74) is 2.36. The molecule has 0 aliphatic carbocycles. The first-order valence-electron chi connectivity index (χ1n) is 7.52. The molecule has 0 amide bonds. The second-order valence-electron chi connectivity index (χ2n) is 5.38. The topological polar surface area (TPSA) is 72.5 Å². The Balaban J connectivity index is 1.93. The Morgan fingerprint density at radius 1 is 1.12 bits per heavy atom. The summed E-state index contributed by atoms with van der Waals surface area (Å²) in [5, 5.41) is 8.64. The Morgan fingerprint density at radius 3 is 2.58 bits per heavy atom. The van der Waals surface area contributed by atoms with Crippen molar-refractivity contribution in [2.24, 2.45) is 0 Å². The van der Waals surface area contributed by atoms with Crippen molar-refractivity contribution >= 4 is 22.8 Å². The van der Waals surface area contributed by atoms with Crippen LogP contribution >= 0.6 is 0 Å². The van der Waals surface area contributed by atoms with Gasteiger partial charge in [0.1, 0.15) is 17.9 Å². The molecule has 122 valence electrons. The largest absolute Gasteiger partial charge is 0.488 e. The van der Waals surface area contributed by atoms with E-state index in [0.29, 0.717) is 23.5 Å². The molecule has 0 aliphatic heterocycles. The molecule has 2 aromatic carbocycles. The molecule has 5 nitrogen and oxygen atoms in total. The molecular formula is C19H17NO4. The van der Waals surface area contributed by atoms with Crippen LogP contribution in [0.1, 0.15) is 23.8 Å². The summed E-state index contributed by atoms with van der Waals surface area (Å²) in [4.78, 5) is 11.1. The van der Waals surface area contributed by atoms with Crippen molar-refractivity contribution < 1.29 is 18.7 Å². The Labute approximate surface area is 139 Å². The van der Waals surface area contributed by atoms with Gasteiger partial charge in [0.25, 0.3) is 5.90 Å². The highest BCUT2D eigenvalue weighted by molar-refractivity contribution is 6.02. The van der Waals surface area contributed by atoms with Gasteiger partial charge in [0.15, 0.2) is 5.76 Å². The molecule has 0 saturated heterocycles. The maximum Gasteiger partial charge on any atom is 0.309 e. The molecule has 0 unspecified atom stereocenters. The van der Waals surface area contributed by atoms with E-state index in [1.54, 1.807) is 6.07 Å². The lowest BCUT2D eigenvalue weighted by Gasteiger charge is -2.07. The van der Waals surface area contributed by atoms with E-state index in [4.69, 9.17) is 19.3 Å². The number of fused-ring (bicyclic) bond motifs is 1. The fourth-order valence-corrected chi connectivity index (χ4v) is 2.53. The lowest BCUT2D eigenvalue weighted by Crippen LogP contribution is -2.09. The van der Waals surface area contributed by atoms with Gasteiger partial charge in [-0.2, -0.15) is 0 Å². The third-order valence-corrected chi connectivity index (χ3v) is 3.60. The molecule has 0 radical (unpaired) electrons. The molecule has 0 fully saturated rings. The van der Waals surface area contributed by atoms with Crippen LogP contribution in [-0.4, -0.2) is 11.9 Å². The van der Waals surface area contributed by atoms with Crippen LogP contribution in [0.2, 0.25) is 0 Å². The zero-order valence-corrected chi connectivity index (χ0v) is 13.5. The number of hydrogen-bond donors (Lipinski definition) is 1. The van der Waals surface area contributed by atoms with Crippen LogP contribution in [-0.2, 0) is 16.1 Å². The smallest absolute Gasteiger partial charge is 0.309 e. The third-order valence-electron chi connectivity index (χ3n) is 3.60. The fraction of sp³-hybridized carbons (Fsp3) is 0.158. The summed E-state index contributed by atoms with van der Waals surface area (Å²) in [7, 11) is 0. The first-order chi connectivity index (χ1) is 11.6. The minimum Gasteiger partial charge on any atom is -0.488 e. The molecular weight excluding hydrogens is 306 g/mol. The number of hydrogen-bond acceptors (Lipinski definition) is 5. The van der Waals surface area contributed by atoms with E-state index in [1.165, 1.54) is 6.92 Å². The zero-order valence-electron chi connectivity index (χ0n) is 13.5. The summed E-state index contributed by atoms with van der Waals surface area (Å²) in [6.45, 7) is 3.50. The highest BCUT2D eigenvalue weighted by Gasteiger charge is 2.20. The van der Waals surface area contributed by atoms with Crippen molar-refractivity contribution in [2.75, 3.05) is 0 Å². The summed E-state index contributed by atoms with van der Waals surface area (Å²) in [5.74, 6) is 0.0426. The standard InChI is InChI=1S/C19H17NO4/c1-12-17-15(22-11-14-7-4-3-5-8-14)9-6-10-16(17)24-18(12)19(20)23-13(2)21/h3-10,20H,11H2,1-2H3. The lowest BCUT2D eigenvalue weighted by atomic mass is 10.1. The predicted octanol–water partition coefficient (Wildman–Crippen LogP) is 4.21. The zero-order chi connectivity index (χ0) is 17.1. The Bertz CT molecular complexity index is 896. The van der Waals surface area contributed by atoms with Gasteiger partial charge >= 0.3 is 5.97 Å². The minimum absolute atomic E-state index is 0.232. The predicted molar refractivity (Wildman–Crippen MR) is 90.3 cm³/mol. The lowest BCUT2D eigenvalue weighted by molar-refractivity contribution is -0.133. The quantitative estimate of drug-likeness (QED) is 0.443. The van der Waals surface area contributed by atoms with Gasteiger partial charge < -0.3 is 13.9 Å². The Morgan fingerprint density at radius 2 is 1.88 bits per heavy atom. The number of rotatable bonds is 4. The molecule has 0 bridgehead atoms. The van der Waals surface area contributed by atoms with E-state index in [9.17, 15) is 4.79 Å². The normalized spacial score (nSPS) is 10.6. The minimum atomic E-state index is -0.555. The number of carbonyl (C=O) groups is 1. The van der Waals surface area contributed by atoms with Gasteiger partial charge in [-0.1, -0.05) is 36.4 Å². The molecule has 1 N–H and O–H groups in total. The monoisotopic (exact) mass is 323 g/mol. The molecule has 3 rings (SSSR count). The van der Waals surface area contributed by atoms with Crippen LogP contribution in [0, 0.1) is 12.3 Å². The summed E-state index contributed by atoms with van der Waals surface area (Å²) >= 11 is 0. The Hall–Kier alpha value is -3.08. The van der Waals surface area contributed by atoms with Gasteiger partial charge in [0.05, 0.1) is 5.39 Å². The number of esters is 1. The van der Waals surface area contributed by atoms with Gasteiger partial charge in [-0.3, -0.25) is 10.2 Å². The second kappa shape index (κ2) is 6.58. The van der Waals surface area contributed by atoms with E-state index in [2.05, 4.69) is 0 Å². The first-order valence-corrected chi connectivity index (χ1v) is 7.52. The van der Waals surface area contributed by atoms with Crippen molar-refractivity contribution in [1.82, 2.24) is 0 Å². The molecule has 0 saturated carbocycles. The van der Waals surface area contributed by atoms with Crippen LogP contribution in [0.15, 0.2) is 52.9 Å². The molecule has 24 heavy (non-hydrogen) atoms. The van der Waals surface area contributed by atoms with Crippen LogP contribution in [0.5, 0.6) is 5.75 Å². The van der Waals surface area contributed by atoms with E-state index in [1.807, 2.05) is 49.4 Å². The molecule has 1 heterocycles. The summed E-state index contributed by atoms with van der Waals surface area (Å²) in [6, 6.07) is 15.3. The summed E-state index contributed by atoms with van der Waals surface area (Å²) < 4.78 is 16.4. The maximum atomic E-state index is 11.1. The number of aryl methyl sites for hydroxylation is 1. The van der Waals surface area contributed by atoms with Crippen molar-refractivity contribution in [3.05, 3.63) is 65.4 Å². The first kappa shape index (κ1) is 15.8. The fourth-order valence-electron chi connectivity index (χ4n) is 2.53. The van der Waals surface area contributed by atoms with Gasteiger partial charge in [-0.25, -0.2) is 0 Å². The molecule has 5 heteroatoms. The number of carbonyl (C=O) groups excluding carboxylic acids is 1. The SMILES string of the molecule is CC(=O)OC(=N)c1oc2cccc(OCc3ccccc3)c2c1C. The molecule has 0 aliphatic rings. The average Bonchev–Trinajstić information content (AvgIpc) is 2.91. The Kier molecular flexibility index (Phi) is 4.33. The van der Waals surface area contributed by atoms with E-state index >= 15 is 0 Å². The van der Waals surface area contributed by atoms with Crippen molar-refractivity contribution in [1.29, 1.82) is 5.41 Å². The number of nitrogens with one attached hydrogen (secondary N) is 1. The highest BCUT2D eigenvalue weighted by Crippen LogP contribution is 2.33. The van der Waals surface area contributed by atoms with Gasteiger partial charge in [0, 0.05) is 12.5 Å². The highest BCUT2D eigenvalue weighted by atomic mass is 16.5. The van der Waals surface area contributed by atoms with Gasteiger partial charge in [-0.05, 0) is 24.6 Å². The van der Waals surface area contributed by atoms with Gasteiger partial charge in [-0.15, -0.1) is 0 Å². The summed E-state index contributed by atoms with van der Waals surface area (Å²) in [6.07, 6.45) is 0. The maximum absolute atomic E-state index is 11.1. The average molecular weight is 323 g/mol. The van der Waals surface area contributed by atoms with Crippen molar-refractivity contribution in [3.63, 3.8) is 0 Å².